The molecule has 0 unspecified atom stereocenters. The van der Waals surface area contributed by atoms with Crippen molar-refractivity contribution in [2.45, 2.75) is 0 Å². The standard InChI is InChI=1S/C40H23NS2/c1-2-9-25(10-3-1)41(27-18-21-35-33(23-27)29-11-4-5-14-34(29)42-35)26-17-19-28-30-12-6-8-24-16-20-37-40(38(24)30)39-31(32(28)22-26)13-7-15-36(39)43-37/h1-23H. The van der Waals surface area contributed by atoms with Gasteiger partial charge in [-0.2, -0.15) is 0 Å². The molecular formula is C40H23NS2. The molecule has 7 aromatic carbocycles. The molecular weight excluding hydrogens is 559 g/mol. The first-order chi connectivity index (χ1) is 21.3. The number of anilines is 3. The Bertz CT molecular complexity index is 2570. The van der Waals surface area contributed by atoms with E-state index >= 15 is 0 Å². The van der Waals surface area contributed by atoms with Crippen LogP contribution in [0.25, 0.3) is 73.4 Å². The lowest BCUT2D eigenvalue weighted by molar-refractivity contribution is 1.29. The quantitative estimate of drug-likeness (QED) is 0.201. The summed E-state index contributed by atoms with van der Waals surface area (Å²) in [6.07, 6.45) is 0. The molecule has 1 aliphatic rings. The zero-order valence-electron chi connectivity index (χ0n) is 23.0. The van der Waals surface area contributed by atoms with Crippen molar-refractivity contribution in [1.29, 1.82) is 0 Å². The molecule has 9 aromatic rings. The molecule has 0 saturated carbocycles. The molecule has 2 aromatic heterocycles. The summed E-state index contributed by atoms with van der Waals surface area (Å²) in [5, 5.41) is 8.09. The fraction of sp³-hybridized carbons (Fsp3) is 0. The highest BCUT2D eigenvalue weighted by Gasteiger charge is 2.24. The van der Waals surface area contributed by atoms with Gasteiger partial charge in [0.05, 0.1) is 0 Å². The van der Waals surface area contributed by atoms with Crippen molar-refractivity contribution in [1.82, 2.24) is 0 Å². The van der Waals surface area contributed by atoms with Crippen LogP contribution >= 0.6 is 22.7 Å². The topological polar surface area (TPSA) is 3.24 Å². The lowest BCUT2D eigenvalue weighted by atomic mass is 9.93. The monoisotopic (exact) mass is 581 g/mol. The minimum absolute atomic E-state index is 1.15. The molecule has 1 nitrogen and oxygen atoms in total. The summed E-state index contributed by atoms with van der Waals surface area (Å²) in [7, 11) is 0. The van der Waals surface area contributed by atoms with Gasteiger partial charge >= 0.3 is 0 Å². The van der Waals surface area contributed by atoms with Crippen molar-refractivity contribution in [2.75, 3.05) is 4.90 Å². The van der Waals surface area contributed by atoms with Gasteiger partial charge in [-0.3, -0.25) is 0 Å². The molecule has 0 bridgehead atoms. The molecule has 0 aliphatic heterocycles. The van der Waals surface area contributed by atoms with Crippen LogP contribution in [0.15, 0.2) is 140 Å². The van der Waals surface area contributed by atoms with Gasteiger partial charge in [-0.25, -0.2) is 0 Å². The van der Waals surface area contributed by atoms with Gasteiger partial charge in [-0.05, 0) is 93.7 Å². The average molecular weight is 582 g/mol. The van der Waals surface area contributed by atoms with Crippen molar-refractivity contribution in [3.63, 3.8) is 0 Å². The highest BCUT2D eigenvalue weighted by atomic mass is 32.1. The molecule has 2 heterocycles. The van der Waals surface area contributed by atoms with Gasteiger partial charge in [0.25, 0.3) is 0 Å². The third-order valence-electron chi connectivity index (χ3n) is 8.98. The molecule has 0 atom stereocenters. The largest absolute Gasteiger partial charge is 0.310 e. The van der Waals surface area contributed by atoms with E-state index in [1.165, 1.54) is 73.4 Å². The van der Waals surface area contributed by atoms with Gasteiger partial charge in [0.15, 0.2) is 0 Å². The zero-order chi connectivity index (χ0) is 28.1. The Morgan fingerprint density at radius 1 is 0.349 bits per heavy atom. The number of nitrogens with zero attached hydrogens (tertiary/aromatic N) is 1. The second kappa shape index (κ2) is 8.78. The van der Waals surface area contributed by atoms with Crippen LogP contribution in [-0.4, -0.2) is 0 Å². The molecule has 0 amide bonds. The molecule has 1 aliphatic carbocycles. The number of rotatable bonds is 3. The summed E-state index contributed by atoms with van der Waals surface area (Å²) in [6, 6.07) is 51.7. The molecule has 43 heavy (non-hydrogen) atoms. The van der Waals surface area contributed by atoms with Gasteiger partial charge in [-0.1, -0.05) is 78.9 Å². The Kier molecular flexibility index (Phi) is 4.81. The maximum Gasteiger partial charge on any atom is 0.0468 e. The lowest BCUT2D eigenvalue weighted by Crippen LogP contribution is -2.10. The molecule has 10 rings (SSSR count). The maximum absolute atomic E-state index is 2.42. The highest BCUT2D eigenvalue weighted by molar-refractivity contribution is 7.26. The Hall–Kier alpha value is -4.96. The first-order valence-corrected chi connectivity index (χ1v) is 16.2. The van der Waals surface area contributed by atoms with Crippen molar-refractivity contribution in [2.24, 2.45) is 0 Å². The third kappa shape index (κ3) is 3.32. The third-order valence-corrected chi connectivity index (χ3v) is 11.3. The van der Waals surface area contributed by atoms with Crippen molar-refractivity contribution >= 4 is 90.9 Å². The molecule has 0 radical (unpaired) electrons. The van der Waals surface area contributed by atoms with Crippen LogP contribution in [0.3, 0.4) is 0 Å². The Labute approximate surface area is 256 Å². The summed E-state index contributed by atoms with van der Waals surface area (Å²) >= 11 is 3.77. The number of hydrogen-bond donors (Lipinski definition) is 0. The normalized spacial score (nSPS) is 12.2. The highest BCUT2D eigenvalue weighted by Crippen LogP contribution is 2.52. The maximum atomic E-state index is 2.42. The van der Waals surface area contributed by atoms with E-state index in [0.29, 0.717) is 0 Å². The van der Waals surface area contributed by atoms with Crippen LogP contribution in [-0.2, 0) is 0 Å². The van der Waals surface area contributed by atoms with E-state index in [1.807, 2.05) is 22.7 Å². The predicted molar refractivity (Wildman–Crippen MR) is 189 cm³/mol. The number of benzene rings is 7. The predicted octanol–water partition coefficient (Wildman–Crippen LogP) is 12.7. The summed E-state index contributed by atoms with van der Waals surface area (Å²) in [6.45, 7) is 0. The van der Waals surface area contributed by atoms with Gasteiger partial charge in [-0.15, -0.1) is 22.7 Å². The van der Waals surface area contributed by atoms with Gasteiger partial charge < -0.3 is 4.90 Å². The van der Waals surface area contributed by atoms with Crippen LogP contribution in [0.2, 0.25) is 0 Å². The first-order valence-electron chi connectivity index (χ1n) is 14.6. The van der Waals surface area contributed by atoms with Crippen molar-refractivity contribution < 1.29 is 0 Å². The fourth-order valence-corrected chi connectivity index (χ4v) is 9.37. The van der Waals surface area contributed by atoms with E-state index in [1.54, 1.807) is 0 Å². The van der Waals surface area contributed by atoms with Crippen molar-refractivity contribution in [3.8, 4) is 22.3 Å². The van der Waals surface area contributed by atoms with Gasteiger partial charge in [0, 0.05) is 57.4 Å². The molecule has 3 heteroatoms. The molecule has 0 saturated heterocycles. The Morgan fingerprint density at radius 2 is 1.02 bits per heavy atom. The summed E-state index contributed by atoms with van der Waals surface area (Å²) in [5.74, 6) is 0. The van der Waals surface area contributed by atoms with Crippen LogP contribution in [0.4, 0.5) is 17.1 Å². The second-order valence-corrected chi connectivity index (χ2v) is 13.5. The summed E-state index contributed by atoms with van der Waals surface area (Å²) in [4.78, 5) is 2.41. The average Bonchev–Trinajstić information content (AvgIpc) is 3.60. The van der Waals surface area contributed by atoms with E-state index in [0.717, 1.165) is 17.1 Å². The fourth-order valence-electron chi connectivity index (χ4n) is 7.14. The zero-order valence-corrected chi connectivity index (χ0v) is 24.7. The summed E-state index contributed by atoms with van der Waals surface area (Å²) < 4.78 is 5.36. The Balaban J connectivity index is 1.27. The Morgan fingerprint density at radius 3 is 1.95 bits per heavy atom. The smallest absolute Gasteiger partial charge is 0.0468 e. The molecule has 200 valence electrons. The van der Waals surface area contributed by atoms with Crippen LogP contribution in [0.5, 0.6) is 0 Å². The van der Waals surface area contributed by atoms with Crippen LogP contribution in [0, 0.1) is 0 Å². The number of fused-ring (bicyclic) bond motifs is 6. The SMILES string of the molecule is c1ccc(N(c2ccc3c(c2)-c2cccc4sc5ccc6cccc-3c6c5c24)c2ccc3sc4ccccc4c3c2)cc1. The first kappa shape index (κ1) is 23.6. The minimum Gasteiger partial charge on any atom is -0.310 e. The number of thiophene rings is 2. The lowest BCUT2D eigenvalue weighted by Gasteiger charge is -2.27. The summed E-state index contributed by atoms with van der Waals surface area (Å²) in [5.41, 5.74) is 8.69. The van der Waals surface area contributed by atoms with Crippen LogP contribution in [0.1, 0.15) is 0 Å². The number of hydrogen-bond acceptors (Lipinski definition) is 3. The molecule has 0 fully saturated rings. The van der Waals surface area contributed by atoms with E-state index in [4.69, 9.17) is 0 Å². The van der Waals surface area contributed by atoms with Crippen LogP contribution < -0.4 is 4.90 Å². The van der Waals surface area contributed by atoms with Gasteiger partial charge in [0.1, 0.15) is 0 Å². The minimum atomic E-state index is 1.15. The van der Waals surface area contributed by atoms with E-state index in [9.17, 15) is 0 Å². The van der Waals surface area contributed by atoms with E-state index in [2.05, 4.69) is 144 Å². The number of para-hydroxylation sites is 1. The van der Waals surface area contributed by atoms with E-state index in [-0.39, 0.29) is 0 Å². The molecule has 0 spiro atoms. The van der Waals surface area contributed by atoms with Gasteiger partial charge in [0.2, 0.25) is 0 Å². The second-order valence-electron chi connectivity index (χ2n) is 11.3. The molecule has 0 N–H and O–H groups in total. The van der Waals surface area contributed by atoms with Crippen molar-refractivity contribution in [3.05, 3.63) is 140 Å². The van der Waals surface area contributed by atoms with E-state index < -0.39 is 0 Å².